The molecule has 3 nitrogen and oxygen atoms in total. The zero-order chi connectivity index (χ0) is 11.5. The lowest BCUT2D eigenvalue weighted by Gasteiger charge is -2.21. The van der Waals surface area contributed by atoms with Gasteiger partial charge in [0.1, 0.15) is 5.76 Å². The molecule has 1 heterocycles. The minimum absolute atomic E-state index is 0.0884. The monoisotopic (exact) mass is 229 g/mol. The van der Waals surface area contributed by atoms with E-state index in [1.165, 1.54) is 6.26 Å². The van der Waals surface area contributed by atoms with E-state index < -0.39 is 0 Å². The Hall–Kier alpha value is -0.960. The molecule has 0 spiro atoms. The van der Waals surface area contributed by atoms with E-state index >= 15 is 0 Å². The topological polar surface area (TPSA) is 42.2 Å². The third-order valence-electron chi connectivity index (χ3n) is 2.19. The fourth-order valence-electron chi connectivity index (χ4n) is 1.08. The van der Waals surface area contributed by atoms with E-state index in [0.717, 1.165) is 0 Å². The van der Waals surface area contributed by atoms with Crippen LogP contribution < -0.4 is 5.32 Å². The molecule has 15 heavy (non-hydrogen) atoms. The third kappa shape index (κ3) is 3.27. The summed E-state index contributed by atoms with van der Waals surface area (Å²) in [5.74, 6) is 1.04. The molecule has 0 aliphatic rings. The zero-order valence-electron chi connectivity index (χ0n) is 9.26. The van der Waals surface area contributed by atoms with E-state index in [0.29, 0.717) is 23.7 Å². The molecule has 0 aromatic carbocycles. The lowest BCUT2D eigenvalue weighted by atomic mass is 9.96. The zero-order valence-corrected chi connectivity index (χ0v) is 10.0. The average Bonchev–Trinajstić information content (AvgIpc) is 2.61. The van der Waals surface area contributed by atoms with Crippen molar-refractivity contribution in [3.63, 3.8) is 0 Å². The van der Waals surface area contributed by atoms with Crippen molar-refractivity contribution in [3.05, 3.63) is 23.7 Å². The molecule has 0 unspecified atom stereocenters. The number of alkyl halides is 1. The second-order valence-electron chi connectivity index (χ2n) is 4.37. The van der Waals surface area contributed by atoms with Crippen LogP contribution in [0.25, 0.3) is 0 Å². The van der Waals surface area contributed by atoms with Crippen molar-refractivity contribution in [1.29, 1.82) is 0 Å². The highest BCUT2D eigenvalue weighted by molar-refractivity contribution is 6.18. The predicted molar refractivity (Wildman–Crippen MR) is 60.3 cm³/mol. The van der Waals surface area contributed by atoms with Gasteiger partial charge >= 0.3 is 0 Å². The van der Waals surface area contributed by atoms with E-state index in [1.807, 2.05) is 13.8 Å². The summed E-state index contributed by atoms with van der Waals surface area (Å²) in [4.78, 5) is 11.7. The molecular formula is C11H16ClNO2. The van der Waals surface area contributed by atoms with Crippen molar-refractivity contribution >= 4 is 17.5 Å². The Balaban J connectivity index is 2.55. The predicted octanol–water partition coefficient (Wildman–Crippen LogP) is 2.58. The SMILES string of the molecule is Cc1occc1C(=O)NCC(C)(C)CCl. The van der Waals surface area contributed by atoms with Crippen molar-refractivity contribution in [3.8, 4) is 0 Å². The molecule has 0 bridgehead atoms. The first-order valence-corrected chi connectivity index (χ1v) is 5.38. The van der Waals surface area contributed by atoms with Crippen molar-refractivity contribution in [2.45, 2.75) is 20.8 Å². The van der Waals surface area contributed by atoms with Gasteiger partial charge in [-0.3, -0.25) is 4.79 Å². The van der Waals surface area contributed by atoms with Crippen molar-refractivity contribution in [2.24, 2.45) is 5.41 Å². The summed E-state index contributed by atoms with van der Waals surface area (Å²) in [6.45, 7) is 6.33. The molecule has 1 N–H and O–H groups in total. The molecule has 1 aromatic rings. The van der Waals surface area contributed by atoms with Crippen LogP contribution in [0.5, 0.6) is 0 Å². The molecule has 0 aliphatic heterocycles. The highest BCUT2D eigenvalue weighted by Crippen LogP contribution is 2.16. The first kappa shape index (κ1) is 12.1. The fourth-order valence-corrected chi connectivity index (χ4v) is 1.18. The number of carbonyl (C=O) groups is 1. The lowest BCUT2D eigenvalue weighted by molar-refractivity contribution is 0.0938. The van der Waals surface area contributed by atoms with Gasteiger partial charge in [0.25, 0.3) is 5.91 Å². The quantitative estimate of drug-likeness (QED) is 0.807. The number of halogens is 1. The standard InChI is InChI=1S/C11H16ClNO2/c1-8-9(4-5-15-8)10(14)13-7-11(2,3)6-12/h4-5H,6-7H2,1-3H3,(H,13,14). The van der Waals surface area contributed by atoms with Crippen LogP contribution in [0.2, 0.25) is 0 Å². The van der Waals surface area contributed by atoms with Gasteiger partial charge in [0, 0.05) is 12.4 Å². The summed E-state index contributed by atoms with van der Waals surface area (Å²) in [7, 11) is 0. The summed E-state index contributed by atoms with van der Waals surface area (Å²) >= 11 is 5.76. The smallest absolute Gasteiger partial charge is 0.254 e. The number of hydrogen-bond donors (Lipinski definition) is 1. The molecule has 0 fully saturated rings. The van der Waals surface area contributed by atoms with Gasteiger partial charge in [-0.05, 0) is 18.4 Å². The Labute approximate surface area is 94.8 Å². The average molecular weight is 230 g/mol. The van der Waals surface area contributed by atoms with Crippen LogP contribution in [-0.2, 0) is 0 Å². The Morgan fingerprint density at radius 1 is 1.60 bits per heavy atom. The van der Waals surface area contributed by atoms with Crippen LogP contribution in [0.3, 0.4) is 0 Å². The van der Waals surface area contributed by atoms with Gasteiger partial charge in [-0.1, -0.05) is 13.8 Å². The van der Waals surface area contributed by atoms with Gasteiger partial charge in [0.15, 0.2) is 0 Å². The van der Waals surface area contributed by atoms with Crippen LogP contribution in [0.4, 0.5) is 0 Å². The summed E-state index contributed by atoms with van der Waals surface area (Å²) in [5.41, 5.74) is 0.495. The van der Waals surface area contributed by atoms with Crippen molar-refractivity contribution in [2.75, 3.05) is 12.4 Å². The largest absolute Gasteiger partial charge is 0.469 e. The normalized spacial score (nSPS) is 11.5. The molecule has 84 valence electrons. The maximum Gasteiger partial charge on any atom is 0.254 e. The number of carbonyl (C=O) groups excluding carboxylic acids is 1. The maximum absolute atomic E-state index is 11.7. The molecule has 0 saturated heterocycles. The summed E-state index contributed by atoms with van der Waals surface area (Å²) in [5, 5.41) is 2.83. The highest BCUT2D eigenvalue weighted by Gasteiger charge is 2.19. The van der Waals surface area contributed by atoms with Crippen molar-refractivity contribution < 1.29 is 9.21 Å². The van der Waals surface area contributed by atoms with E-state index in [2.05, 4.69) is 5.32 Å². The van der Waals surface area contributed by atoms with Gasteiger partial charge in [-0.2, -0.15) is 0 Å². The van der Waals surface area contributed by atoms with E-state index in [1.54, 1.807) is 13.0 Å². The fraction of sp³-hybridized carbons (Fsp3) is 0.545. The molecule has 0 aliphatic carbocycles. The lowest BCUT2D eigenvalue weighted by Crippen LogP contribution is -2.35. The number of nitrogens with one attached hydrogen (secondary N) is 1. The number of amides is 1. The Morgan fingerprint density at radius 2 is 2.27 bits per heavy atom. The molecule has 0 saturated carbocycles. The number of rotatable bonds is 4. The Kier molecular flexibility index (Phi) is 3.80. The van der Waals surface area contributed by atoms with Gasteiger partial charge in [-0.25, -0.2) is 0 Å². The highest BCUT2D eigenvalue weighted by atomic mass is 35.5. The van der Waals surface area contributed by atoms with Gasteiger partial charge in [0.05, 0.1) is 11.8 Å². The second-order valence-corrected chi connectivity index (χ2v) is 4.64. The minimum atomic E-state index is -0.112. The second kappa shape index (κ2) is 4.71. The van der Waals surface area contributed by atoms with Gasteiger partial charge in [-0.15, -0.1) is 11.6 Å². The molecule has 1 amide bonds. The minimum Gasteiger partial charge on any atom is -0.469 e. The van der Waals surface area contributed by atoms with Gasteiger partial charge in [0.2, 0.25) is 0 Å². The molecule has 1 aromatic heterocycles. The Bertz CT molecular complexity index is 344. The van der Waals surface area contributed by atoms with E-state index in [-0.39, 0.29) is 11.3 Å². The molecule has 1 rings (SSSR count). The summed E-state index contributed by atoms with van der Waals surface area (Å²) < 4.78 is 5.06. The molecule has 0 radical (unpaired) electrons. The summed E-state index contributed by atoms with van der Waals surface area (Å²) in [6, 6.07) is 1.67. The number of aryl methyl sites for hydroxylation is 1. The molecule has 4 heteroatoms. The van der Waals surface area contributed by atoms with Crippen molar-refractivity contribution in [1.82, 2.24) is 5.32 Å². The maximum atomic E-state index is 11.7. The molecular weight excluding hydrogens is 214 g/mol. The van der Waals surface area contributed by atoms with Crippen LogP contribution >= 0.6 is 11.6 Å². The third-order valence-corrected chi connectivity index (χ3v) is 2.92. The Morgan fingerprint density at radius 3 is 2.73 bits per heavy atom. The van der Waals surface area contributed by atoms with Gasteiger partial charge < -0.3 is 9.73 Å². The number of furan rings is 1. The van der Waals surface area contributed by atoms with Crippen LogP contribution in [0.15, 0.2) is 16.7 Å². The van der Waals surface area contributed by atoms with Crippen LogP contribution in [0.1, 0.15) is 30.0 Å². The first-order chi connectivity index (χ1) is 6.96. The van der Waals surface area contributed by atoms with Crippen LogP contribution in [0, 0.1) is 12.3 Å². The van der Waals surface area contributed by atoms with E-state index in [9.17, 15) is 4.79 Å². The number of hydrogen-bond acceptors (Lipinski definition) is 2. The van der Waals surface area contributed by atoms with Crippen LogP contribution in [-0.4, -0.2) is 18.3 Å². The molecule has 0 atom stereocenters. The van der Waals surface area contributed by atoms with E-state index in [4.69, 9.17) is 16.0 Å². The first-order valence-electron chi connectivity index (χ1n) is 4.84. The summed E-state index contributed by atoms with van der Waals surface area (Å²) in [6.07, 6.45) is 1.51.